The first-order valence-electron chi connectivity index (χ1n) is 9.30. The molecule has 0 spiro atoms. The molecule has 1 aliphatic rings. The summed E-state index contributed by atoms with van der Waals surface area (Å²) < 4.78 is 37.8. The summed E-state index contributed by atoms with van der Waals surface area (Å²) in [7, 11) is 0. The van der Waals surface area contributed by atoms with Crippen LogP contribution in [0.5, 0.6) is 5.75 Å². The van der Waals surface area contributed by atoms with Crippen LogP contribution >= 0.6 is 0 Å². The van der Waals surface area contributed by atoms with E-state index in [1.807, 2.05) is 0 Å². The number of hydrogen-bond donors (Lipinski definition) is 0. The summed E-state index contributed by atoms with van der Waals surface area (Å²) in [6, 6.07) is 7.83. The van der Waals surface area contributed by atoms with Crippen LogP contribution in [0, 0.1) is 11.6 Å². The third-order valence-electron chi connectivity index (χ3n) is 4.32. The number of anilines is 1. The lowest BCUT2D eigenvalue weighted by Crippen LogP contribution is -2.47. The molecule has 8 heteroatoms. The van der Waals surface area contributed by atoms with Crippen molar-refractivity contribution >= 4 is 23.9 Å². The summed E-state index contributed by atoms with van der Waals surface area (Å²) in [4.78, 5) is 37.7. The number of ether oxygens (including phenoxy) is 2. The van der Waals surface area contributed by atoms with Crippen molar-refractivity contribution in [2.24, 2.45) is 0 Å². The molecule has 2 aromatic carbocycles. The largest absolute Gasteiger partial charge is 0.478 e. The SMILES string of the molecule is CC(C)(C)OC(=O)CC1Oc2cc(C=O)ccc2N(Cc2ccc(F)c(F)c2)C1=O. The van der Waals surface area contributed by atoms with E-state index in [-0.39, 0.29) is 18.7 Å². The van der Waals surface area contributed by atoms with E-state index in [0.717, 1.165) is 12.1 Å². The predicted octanol–water partition coefficient (Wildman–Crippen LogP) is 3.80. The van der Waals surface area contributed by atoms with Crippen LogP contribution in [0.4, 0.5) is 14.5 Å². The molecule has 0 aliphatic carbocycles. The van der Waals surface area contributed by atoms with Gasteiger partial charge in [0.15, 0.2) is 17.7 Å². The molecule has 0 bridgehead atoms. The molecule has 0 saturated heterocycles. The quantitative estimate of drug-likeness (QED) is 0.547. The van der Waals surface area contributed by atoms with Gasteiger partial charge in [0.2, 0.25) is 0 Å². The Morgan fingerprint density at radius 2 is 1.90 bits per heavy atom. The minimum Gasteiger partial charge on any atom is -0.478 e. The maximum atomic E-state index is 13.6. The molecule has 0 fully saturated rings. The third-order valence-corrected chi connectivity index (χ3v) is 4.32. The van der Waals surface area contributed by atoms with E-state index >= 15 is 0 Å². The topological polar surface area (TPSA) is 72.9 Å². The second-order valence-corrected chi connectivity index (χ2v) is 7.91. The number of benzene rings is 2. The van der Waals surface area contributed by atoms with Gasteiger partial charge in [0.25, 0.3) is 5.91 Å². The van der Waals surface area contributed by atoms with Crippen LogP contribution < -0.4 is 9.64 Å². The lowest BCUT2D eigenvalue weighted by molar-refractivity contribution is -0.158. The molecular weight excluding hydrogens is 396 g/mol. The molecular formula is C22H21F2NO5. The van der Waals surface area contributed by atoms with E-state index in [1.54, 1.807) is 20.8 Å². The van der Waals surface area contributed by atoms with Gasteiger partial charge in [-0.05, 0) is 56.7 Å². The van der Waals surface area contributed by atoms with Gasteiger partial charge in [-0.1, -0.05) is 6.07 Å². The van der Waals surface area contributed by atoms with E-state index in [1.165, 1.54) is 29.2 Å². The zero-order valence-corrected chi connectivity index (χ0v) is 16.8. The van der Waals surface area contributed by atoms with Gasteiger partial charge < -0.3 is 14.4 Å². The van der Waals surface area contributed by atoms with Crippen LogP contribution in [0.1, 0.15) is 43.1 Å². The van der Waals surface area contributed by atoms with Crippen LogP contribution in [0.25, 0.3) is 0 Å². The van der Waals surface area contributed by atoms with Gasteiger partial charge in [0, 0.05) is 5.56 Å². The zero-order valence-electron chi connectivity index (χ0n) is 16.8. The van der Waals surface area contributed by atoms with Crippen LogP contribution in [-0.2, 0) is 20.9 Å². The number of rotatable bonds is 5. The fourth-order valence-electron chi connectivity index (χ4n) is 3.06. The summed E-state index contributed by atoms with van der Waals surface area (Å²) in [6.07, 6.45) is -0.892. The molecule has 1 atom stereocenters. The molecule has 1 heterocycles. The first-order valence-corrected chi connectivity index (χ1v) is 9.30. The number of fused-ring (bicyclic) bond motifs is 1. The molecule has 3 rings (SSSR count). The second-order valence-electron chi connectivity index (χ2n) is 7.91. The van der Waals surface area contributed by atoms with Crippen LogP contribution in [0.15, 0.2) is 36.4 Å². The molecule has 2 aromatic rings. The van der Waals surface area contributed by atoms with E-state index in [9.17, 15) is 23.2 Å². The Bertz CT molecular complexity index is 1000. The van der Waals surface area contributed by atoms with E-state index in [0.29, 0.717) is 23.1 Å². The van der Waals surface area contributed by atoms with Crippen molar-refractivity contribution in [1.82, 2.24) is 0 Å². The number of aldehydes is 1. The summed E-state index contributed by atoms with van der Waals surface area (Å²) in [6.45, 7) is 5.04. The minimum absolute atomic E-state index is 0.0718. The Labute approximate surface area is 172 Å². The first-order chi connectivity index (χ1) is 14.1. The fraction of sp³-hybridized carbons (Fsp3) is 0.318. The number of halogens is 2. The zero-order chi connectivity index (χ0) is 22.1. The molecule has 1 aliphatic heterocycles. The maximum absolute atomic E-state index is 13.6. The third kappa shape index (κ3) is 4.82. The number of amides is 1. The van der Waals surface area contributed by atoms with Gasteiger partial charge in [0.1, 0.15) is 17.6 Å². The van der Waals surface area contributed by atoms with Crippen molar-refractivity contribution in [1.29, 1.82) is 0 Å². The van der Waals surface area contributed by atoms with Gasteiger partial charge in [-0.3, -0.25) is 14.4 Å². The standard InChI is InChI=1S/C22H21F2NO5/c1-22(2,3)30-20(27)10-19-21(28)25(11-13-4-6-15(23)16(24)8-13)17-7-5-14(12-26)9-18(17)29-19/h4-9,12,19H,10-11H2,1-3H3. The second kappa shape index (κ2) is 8.22. The highest BCUT2D eigenvalue weighted by Crippen LogP contribution is 2.36. The monoisotopic (exact) mass is 417 g/mol. The lowest BCUT2D eigenvalue weighted by Gasteiger charge is -2.34. The fourth-order valence-corrected chi connectivity index (χ4v) is 3.06. The van der Waals surface area contributed by atoms with Gasteiger partial charge in [0.05, 0.1) is 18.7 Å². The van der Waals surface area contributed by atoms with Gasteiger partial charge in [-0.2, -0.15) is 0 Å². The Morgan fingerprint density at radius 1 is 1.17 bits per heavy atom. The van der Waals surface area contributed by atoms with E-state index in [4.69, 9.17) is 9.47 Å². The summed E-state index contributed by atoms with van der Waals surface area (Å²) >= 11 is 0. The molecule has 1 amide bonds. The summed E-state index contributed by atoms with van der Waals surface area (Å²) in [5, 5.41) is 0. The van der Waals surface area contributed by atoms with Crippen molar-refractivity contribution in [3.05, 3.63) is 59.2 Å². The molecule has 1 unspecified atom stereocenters. The highest BCUT2D eigenvalue weighted by atomic mass is 19.2. The van der Waals surface area contributed by atoms with Crippen LogP contribution in [0.2, 0.25) is 0 Å². The number of nitrogens with zero attached hydrogens (tertiary/aromatic N) is 1. The maximum Gasteiger partial charge on any atom is 0.310 e. The van der Waals surface area contributed by atoms with Gasteiger partial charge in [-0.15, -0.1) is 0 Å². The molecule has 30 heavy (non-hydrogen) atoms. The molecule has 0 N–H and O–H groups in total. The van der Waals surface area contributed by atoms with Crippen LogP contribution in [-0.4, -0.2) is 29.9 Å². The summed E-state index contributed by atoms with van der Waals surface area (Å²) in [5.74, 6) is -2.95. The normalized spacial score (nSPS) is 16.0. The number of esters is 1. The lowest BCUT2D eigenvalue weighted by atomic mass is 10.1. The molecule has 158 valence electrons. The Balaban J connectivity index is 1.93. The predicted molar refractivity (Wildman–Crippen MR) is 104 cm³/mol. The summed E-state index contributed by atoms with van der Waals surface area (Å²) in [5.41, 5.74) is 0.302. The number of hydrogen-bond acceptors (Lipinski definition) is 5. The Morgan fingerprint density at radius 3 is 2.53 bits per heavy atom. The molecule has 6 nitrogen and oxygen atoms in total. The number of carbonyl (C=O) groups is 3. The highest BCUT2D eigenvalue weighted by molar-refractivity contribution is 6.02. The average molecular weight is 417 g/mol. The first kappa shape index (κ1) is 21.4. The van der Waals surface area contributed by atoms with Gasteiger partial charge in [-0.25, -0.2) is 8.78 Å². The van der Waals surface area contributed by atoms with Crippen molar-refractivity contribution in [3.63, 3.8) is 0 Å². The Hall–Kier alpha value is -3.29. The van der Waals surface area contributed by atoms with Crippen LogP contribution in [0.3, 0.4) is 0 Å². The van der Waals surface area contributed by atoms with Crippen molar-refractivity contribution in [2.45, 2.75) is 45.4 Å². The number of carbonyl (C=O) groups excluding carboxylic acids is 3. The average Bonchev–Trinajstić information content (AvgIpc) is 2.66. The Kier molecular flexibility index (Phi) is 5.87. The van der Waals surface area contributed by atoms with Crippen molar-refractivity contribution in [3.8, 4) is 5.75 Å². The van der Waals surface area contributed by atoms with Crippen molar-refractivity contribution < 1.29 is 32.6 Å². The molecule has 0 aromatic heterocycles. The minimum atomic E-state index is -1.18. The molecule has 0 saturated carbocycles. The van der Waals surface area contributed by atoms with E-state index in [2.05, 4.69) is 0 Å². The van der Waals surface area contributed by atoms with Crippen molar-refractivity contribution in [2.75, 3.05) is 4.90 Å². The van der Waals surface area contributed by atoms with Gasteiger partial charge >= 0.3 is 5.97 Å². The van der Waals surface area contributed by atoms with E-state index < -0.39 is 35.2 Å². The smallest absolute Gasteiger partial charge is 0.310 e. The molecule has 0 radical (unpaired) electrons. The highest BCUT2D eigenvalue weighted by Gasteiger charge is 2.37.